The molecular formula is C23H28F2N2O4. The fourth-order valence-electron chi connectivity index (χ4n) is 3.97. The van der Waals surface area contributed by atoms with Gasteiger partial charge in [0.15, 0.2) is 11.6 Å². The molecule has 2 N–H and O–H groups in total. The molecule has 4 atom stereocenters. The van der Waals surface area contributed by atoms with Crippen LogP contribution in [0.15, 0.2) is 30.5 Å². The molecule has 0 radical (unpaired) electrons. The second-order valence-corrected chi connectivity index (χ2v) is 8.33. The Morgan fingerprint density at radius 1 is 1.32 bits per heavy atom. The molecule has 3 rings (SSSR count). The lowest BCUT2D eigenvalue weighted by Crippen LogP contribution is -2.33. The first-order chi connectivity index (χ1) is 14.6. The summed E-state index contributed by atoms with van der Waals surface area (Å²) in [7, 11) is 1.26. The highest BCUT2D eigenvalue weighted by molar-refractivity contribution is 5.95. The van der Waals surface area contributed by atoms with Crippen LogP contribution in [0.3, 0.4) is 0 Å². The van der Waals surface area contributed by atoms with Crippen LogP contribution < -0.4 is 10.1 Å². The zero-order valence-corrected chi connectivity index (χ0v) is 18.3. The Morgan fingerprint density at radius 2 is 2.03 bits per heavy atom. The van der Waals surface area contributed by atoms with Crippen molar-refractivity contribution in [2.75, 3.05) is 12.4 Å². The Labute approximate surface area is 180 Å². The van der Waals surface area contributed by atoms with Gasteiger partial charge >= 0.3 is 0 Å². The average Bonchev–Trinajstić information content (AvgIpc) is 2.99. The Morgan fingerprint density at radius 3 is 2.61 bits per heavy atom. The highest BCUT2D eigenvalue weighted by Gasteiger charge is 2.51. The minimum absolute atomic E-state index is 0.192. The van der Waals surface area contributed by atoms with E-state index in [0.717, 1.165) is 6.07 Å². The second-order valence-electron chi connectivity index (χ2n) is 8.33. The molecule has 0 spiro atoms. The number of nitrogens with zero attached hydrogens (tertiary/aromatic N) is 1. The number of ether oxygens (including phenoxy) is 2. The third-order valence-electron chi connectivity index (χ3n) is 6.08. The van der Waals surface area contributed by atoms with Gasteiger partial charge in [-0.05, 0) is 44.4 Å². The molecular weight excluding hydrogens is 406 g/mol. The molecule has 6 nitrogen and oxygen atoms in total. The number of halogens is 2. The third kappa shape index (κ3) is 4.41. The van der Waals surface area contributed by atoms with Crippen molar-refractivity contribution in [3.8, 4) is 5.75 Å². The number of pyridine rings is 1. The summed E-state index contributed by atoms with van der Waals surface area (Å²) < 4.78 is 39.3. The number of carbonyl (C=O) groups is 1. The number of aromatic nitrogens is 1. The van der Waals surface area contributed by atoms with Crippen molar-refractivity contribution < 1.29 is 28.2 Å². The Kier molecular flexibility index (Phi) is 6.62. The predicted molar refractivity (Wildman–Crippen MR) is 112 cm³/mol. The highest BCUT2D eigenvalue weighted by atomic mass is 19.2. The van der Waals surface area contributed by atoms with E-state index in [1.807, 2.05) is 27.7 Å². The zero-order chi connectivity index (χ0) is 22.9. The summed E-state index contributed by atoms with van der Waals surface area (Å²) in [4.78, 5) is 17.3. The first kappa shape index (κ1) is 23.1. The second kappa shape index (κ2) is 8.88. The number of methoxy groups -OCH3 is 1. The largest absolute Gasteiger partial charge is 0.493 e. The number of carbonyl (C=O) groups excluding carboxylic acids is 1. The minimum Gasteiger partial charge on any atom is -0.493 e. The number of anilines is 1. The number of rotatable bonds is 6. The lowest BCUT2D eigenvalue weighted by Gasteiger charge is -2.25. The summed E-state index contributed by atoms with van der Waals surface area (Å²) in [6, 6.07) is 5.76. The maximum absolute atomic E-state index is 14.4. The summed E-state index contributed by atoms with van der Waals surface area (Å²) in [6.45, 7) is 7.45. The number of hydrogen-bond donors (Lipinski definition) is 2. The zero-order valence-electron chi connectivity index (χ0n) is 18.3. The summed E-state index contributed by atoms with van der Waals surface area (Å²) in [5.41, 5.74) is 0.639. The van der Waals surface area contributed by atoms with Gasteiger partial charge in [0.1, 0.15) is 6.10 Å². The van der Waals surface area contributed by atoms with Crippen LogP contribution in [-0.2, 0) is 9.53 Å². The van der Waals surface area contributed by atoms with Gasteiger partial charge < -0.3 is 19.9 Å². The number of nitrogens with one attached hydrogen (secondary N) is 1. The van der Waals surface area contributed by atoms with Crippen LogP contribution in [0, 0.1) is 17.6 Å². The molecule has 0 aliphatic carbocycles. The van der Waals surface area contributed by atoms with Crippen molar-refractivity contribution in [2.24, 2.45) is 5.92 Å². The van der Waals surface area contributed by atoms with Crippen LogP contribution >= 0.6 is 0 Å². The molecule has 1 saturated heterocycles. The van der Waals surface area contributed by atoms with Gasteiger partial charge in [-0.15, -0.1) is 0 Å². The van der Waals surface area contributed by atoms with E-state index in [1.54, 1.807) is 12.1 Å². The molecule has 31 heavy (non-hydrogen) atoms. The van der Waals surface area contributed by atoms with Gasteiger partial charge in [-0.2, -0.15) is 4.39 Å². The first-order valence-electron chi connectivity index (χ1n) is 10.2. The molecule has 0 bridgehead atoms. The molecule has 0 saturated carbocycles. The molecule has 1 fully saturated rings. The van der Waals surface area contributed by atoms with Crippen molar-refractivity contribution >= 4 is 11.6 Å². The van der Waals surface area contributed by atoms with Crippen LogP contribution in [0.25, 0.3) is 0 Å². The van der Waals surface area contributed by atoms with Crippen molar-refractivity contribution in [2.45, 2.75) is 57.8 Å². The van der Waals surface area contributed by atoms with E-state index in [2.05, 4.69) is 10.3 Å². The van der Waals surface area contributed by atoms with Gasteiger partial charge in [-0.1, -0.05) is 19.9 Å². The summed E-state index contributed by atoms with van der Waals surface area (Å²) in [5, 5.41) is 12.6. The molecule has 168 valence electrons. The Bertz CT molecular complexity index is 949. The fourth-order valence-corrected chi connectivity index (χ4v) is 3.97. The quantitative estimate of drug-likeness (QED) is 0.707. The van der Waals surface area contributed by atoms with Crippen molar-refractivity contribution in [1.82, 2.24) is 4.98 Å². The van der Waals surface area contributed by atoms with E-state index in [0.29, 0.717) is 23.4 Å². The molecule has 2 heterocycles. The Balaban J connectivity index is 1.91. The van der Waals surface area contributed by atoms with Gasteiger partial charge in [0.2, 0.25) is 5.82 Å². The third-order valence-corrected chi connectivity index (χ3v) is 6.08. The molecule has 0 unspecified atom stereocenters. The number of aliphatic hydroxyl groups is 1. The SMILES string of the molecule is CC[C@@H](O)c1ccc(NC(=O)[C@H]2OC(C)(C)[C@H](C)[C@@H]2c2ccc(F)c(F)c2OC)cn1. The molecule has 1 amide bonds. The van der Waals surface area contributed by atoms with Crippen LogP contribution in [0.4, 0.5) is 14.5 Å². The van der Waals surface area contributed by atoms with E-state index >= 15 is 0 Å². The Hall–Kier alpha value is -2.58. The maximum atomic E-state index is 14.4. The number of benzene rings is 1. The van der Waals surface area contributed by atoms with Crippen molar-refractivity contribution in [1.29, 1.82) is 0 Å². The summed E-state index contributed by atoms with van der Waals surface area (Å²) >= 11 is 0. The van der Waals surface area contributed by atoms with E-state index < -0.39 is 41.3 Å². The van der Waals surface area contributed by atoms with E-state index in [4.69, 9.17) is 9.47 Å². The van der Waals surface area contributed by atoms with Gasteiger partial charge in [-0.25, -0.2) is 4.39 Å². The van der Waals surface area contributed by atoms with Crippen LogP contribution in [0.5, 0.6) is 5.75 Å². The lowest BCUT2D eigenvalue weighted by atomic mass is 9.78. The number of amides is 1. The molecule has 1 aliphatic rings. The van der Waals surface area contributed by atoms with Crippen LogP contribution in [0.2, 0.25) is 0 Å². The van der Waals surface area contributed by atoms with E-state index in [-0.39, 0.29) is 11.7 Å². The molecule has 8 heteroatoms. The molecule has 2 aromatic rings. The highest BCUT2D eigenvalue weighted by Crippen LogP contribution is 2.49. The van der Waals surface area contributed by atoms with Crippen LogP contribution in [-0.4, -0.2) is 34.8 Å². The molecule has 1 aliphatic heterocycles. The van der Waals surface area contributed by atoms with E-state index in [1.165, 1.54) is 19.4 Å². The van der Waals surface area contributed by atoms with Gasteiger partial charge in [0, 0.05) is 11.5 Å². The normalized spacial score (nSPS) is 23.4. The number of hydrogen-bond acceptors (Lipinski definition) is 5. The van der Waals surface area contributed by atoms with Crippen molar-refractivity contribution in [3.05, 3.63) is 53.4 Å². The smallest absolute Gasteiger partial charge is 0.254 e. The average molecular weight is 434 g/mol. The first-order valence-corrected chi connectivity index (χ1v) is 10.2. The summed E-state index contributed by atoms with van der Waals surface area (Å²) in [5.74, 6) is -3.52. The molecule has 1 aromatic carbocycles. The summed E-state index contributed by atoms with van der Waals surface area (Å²) in [6.07, 6.45) is 0.363. The topological polar surface area (TPSA) is 80.7 Å². The maximum Gasteiger partial charge on any atom is 0.254 e. The van der Waals surface area contributed by atoms with Gasteiger partial charge in [0.05, 0.1) is 36.4 Å². The van der Waals surface area contributed by atoms with Gasteiger partial charge in [0.25, 0.3) is 5.91 Å². The number of aliphatic hydroxyl groups excluding tert-OH is 1. The van der Waals surface area contributed by atoms with Crippen molar-refractivity contribution in [3.63, 3.8) is 0 Å². The standard InChI is InChI=1S/C23H28F2N2O4/c1-6-17(28)16-10-7-13(11-26-16)27-22(29)21-18(12(2)23(3,4)31-21)14-8-9-15(24)19(25)20(14)30-5/h7-12,17-18,21,28H,6H2,1-5H3,(H,27,29)/t12-,17-,18-,21+/m1/s1. The lowest BCUT2D eigenvalue weighted by molar-refractivity contribution is -0.131. The fraction of sp³-hybridized carbons (Fsp3) is 0.478. The monoisotopic (exact) mass is 434 g/mol. The molecule has 1 aromatic heterocycles. The van der Waals surface area contributed by atoms with Crippen LogP contribution in [0.1, 0.15) is 57.4 Å². The minimum atomic E-state index is -1.09. The van der Waals surface area contributed by atoms with Gasteiger partial charge in [-0.3, -0.25) is 9.78 Å². The predicted octanol–water partition coefficient (Wildman–Crippen LogP) is 4.35. The van der Waals surface area contributed by atoms with E-state index in [9.17, 15) is 18.7 Å².